The first-order valence-electron chi connectivity index (χ1n) is 17.9. The number of amides is 2. The van der Waals surface area contributed by atoms with Crippen molar-refractivity contribution in [2.24, 2.45) is 11.5 Å². The summed E-state index contributed by atoms with van der Waals surface area (Å²) >= 11 is 6.07. The lowest BCUT2D eigenvalue weighted by atomic mass is 10.1. The van der Waals surface area contributed by atoms with Gasteiger partial charge in [-0.3, -0.25) is 19.4 Å². The fourth-order valence-electron chi connectivity index (χ4n) is 7.02. The number of hydrogen-bond acceptors (Lipinski definition) is 8. The van der Waals surface area contributed by atoms with E-state index in [-0.39, 0.29) is 11.5 Å². The summed E-state index contributed by atoms with van der Waals surface area (Å²) in [4.78, 5) is 31.7. The molecule has 2 aliphatic rings. The minimum Gasteiger partial charge on any atom is -0.451 e. The molecule has 10 nitrogen and oxygen atoms in total. The van der Waals surface area contributed by atoms with Crippen LogP contribution in [0.2, 0.25) is 5.02 Å². The molecule has 2 saturated heterocycles. The molecule has 2 aromatic heterocycles. The summed E-state index contributed by atoms with van der Waals surface area (Å²) < 4.78 is 49.5. The quantitative estimate of drug-likeness (QED) is 0.164. The highest BCUT2D eigenvalue weighted by atomic mass is 35.5. The van der Waals surface area contributed by atoms with Gasteiger partial charge in [0.1, 0.15) is 11.2 Å². The number of carbonyl (C=O) groups excluding carboxylic acids is 2. The number of anilines is 2. The van der Waals surface area contributed by atoms with E-state index in [9.17, 15) is 22.8 Å². The van der Waals surface area contributed by atoms with Gasteiger partial charge in [-0.2, -0.15) is 13.2 Å². The zero-order valence-electron chi connectivity index (χ0n) is 29.9. The van der Waals surface area contributed by atoms with Crippen LogP contribution in [-0.4, -0.2) is 74.0 Å². The first-order chi connectivity index (χ1) is 26.4. The predicted octanol–water partition coefficient (Wildman–Crippen LogP) is 7.38. The average molecular weight is 773 g/mol. The number of nitrogens with two attached hydrogens (primary N) is 2. The molecule has 4 heterocycles. The SMILES string of the molecule is NC(=O)c1cc2cc(N3CCN(Cc4cccc(C(F)(F)F)c4)CC3)ccc2o1.NC(=O)c1cc2cc(N3CCN(Cc4cccc(Cl)c4)CC3)ccc2o1. The third-order valence-corrected chi connectivity index (χ3v) is 10.2. The lowest BCUT2D eigenvalue weighted by molar-refractivity contribution is -0.137. The summed E-state index contributed by atoms with van der Waals surface area (Å²) in [5, 5.41) is 2.49. The molecule has 55 heavy (non-hydrogen) atoms. The molecule has 8 rings (SSSR count). The molecular formula is C41H40ClF3N6O4. The molecule has 4 N–H and O–H groups in total. The van der Waals surface area contributed by atoms with Crippen LogP contribution in [0.4, 0.5) is 24.5 Å². The monoisotopic (exact) mass is 772 g/mol. The third-order valence-electron chi connectivity index (χ3n) is 9.92. The number of rotatable bonds is 8. The third kappa shape index (κ3) is 9.25. The van der Waals surface area contributed by atoms with Crippen LogP contribution in [0.3, 0.4) is 0 Å². The number of alkyl halides is 3. The van der Waals surface area contributed by atoms with Gasteiger partial charge < -0.3 is 30.1 Å². The Labute approximate surface area is 320 Å². The Hall–Kier alpha value is -5.50. The van der Waals surface area contributed by atoms with E-state index in [0.717, 1.165) is 92.1 Å². The second-order valence-corrected chi connectivity index (χ2v) is 14.2. The smallest absolute Gasteiger partial charge is 0.416 e. The highest BCUT2D eigenvalue weighted by Crippen LogP contribution is 2.31. The normalized spacial score (nSPS) is 15.6. The van der Waals surface area contributed by atoms with Crippen LogP contribution < -0.4 is 21.3 Å². The van der Waals surface area contributed by atoms with E-state index < -0.39 is 23.6 Å². The molecule has 0 bridgehead atoms. The largest absolute Gasteiger partial charge is 0.451 e. The standard InChI is InChI=1S/C21H20F3N3O2.C20H20ClN3O2/c22-21(23,24)16-3-1-2-14(10-16)13-26-6-8-27(9-7-26)17-4-5-18-15(11-17)12-19(29-18)20(25)28;21-16-3-1-2-14(10-16)13-23-6-8-24(9-7-23)17-4-5-18-15(11-17)12-19(26-18)20(22)25/h1-5,10-12H,6-9,13H2,(H2,25,28);1-5,10-12H,6-9,13H2,(H2,22,25). The number of benzene rings is 4. The Morgan fingerprint density at radius 2 is 1.05 bits per heavy atom. The van der Waals surface area contributed by atoms with Gasteiger partial charge in [-0.1, -0.05) is 41.9 Å². The van der Waals surface area contributed by atoms with Crippen LogP contribution in [0.15, 0.2) is 106 Å². The summed E-state index contributed by atoms with van der Waals surface area (Å²) in [7, 11) is 0. The van der Waals surface area contributed by atoms with Gasteiger partial charge in [0.15, 0.2) is 11.5 Å². The molecule has 0 saturated carbocycles. The molecule has 0 aliphatic carbocycles. The molecular weight excluding hydrogens is 733 g/mol. The number of nitrogens with zero attached hydrogens (tertiary/aromatic N) is 4. The van der Waals surface area contributed by atoms with Crippen molar-refractivity contribution in [2.45, 2.75) is 19.3 Å². The first-order valence-corrected chi connectivity index (χ1v) is 18.3. The highest BCUT2D eigenvalue weighted by Gasteiger charge is 2.30. The van der Waals surface area contributed by atoms with Crippen molar-refractivity contribution in [1.29, 1.82) is 0 Å². The van der Waals surface area contributed by atoms with Crippen LogP contribution in [0.5, 0.6) is 0 Å². The molecule has 0 atom stereocenters. The molecule has 0 spiro atoms. The van der Waals surface area contributed by atoms with Gasteiger partial charge in [0.2, 0.25) is 0 Å². The maximum Gasteiger partial charge on any atom is 0.416 e. The topological polar surface area (TPSA) is 125 Å². The van der Waals surface area contributed by atoms with Crippen LogP contribution in [-0.2, 0) is 19.3 Å². The van der Waals surface area contributed by atoms with E-state index in [2.05, 4.69) is 31.7 Å². The van der Waals surface area contributed by atoms with E-state index in [0.29, 0.717) is 23.3 Å². The van der Waals surface area contributed by atoms with E-state index in [1.54, 1.807) is 18.2 Å². The molecule has 2 fully saturated rings. The van der Waals surface area contributed by atoms with Crippen LogP contribution in [0.1, 0.15) is 37.8 Å². The number of carbonyl (C=O) groups is 2. The molecule has 2 aliphatic heterocycles. The van der Waals surface area contributed by atoms with E-state index in [1.807, 2.05) is 48.5 Å². The van der Waals surface area contributed by atoms with Gasteiger partial charge in [0, 0.05) is 92.6 Å². The van der Waals surface area contributed by atoms with Crippen LogP contribution in [0.25, 0.3) is 21.9 Å². The Morgan fingerprint density at radius 1 is 0.600 bits per heavy atom. The molecule has 2 amide bonds. The second kappa shape index (κ2) is 16.1. The van der Waals surface area contributed by atoms with E-state index in [4.69, 9.17) is 31.9 Å². The van der Waals surface area contributed by atoms with Gasteiger partial charge in [-0.15, -0.1) is 0 Å². The summed E-state index contributed by atoms with van der Waals surface area (Å²) in [6.45, 7) is 8.27. The van der Waals surface area contributed by atoms with Gasteiger partial charge in [-0.05, 0) is 77.9 Å². The van der Waals surface area contributed by atoms with E-state index >= 15 is 0 Å². The molecule has 4 aromatic carbocycles. The van der Waals surface area contributed by atoms with Gasteiger partial charge in [-0.25, -0.2) is 0 Å². The predicted molar refractivity (Wildman–Crippen MR) is 207 cm³/mol. The van der Waals surface area contributed by atoms with Crippen LogP contribution >= 0.6 is 11.6 Å². The number of piperazine rings is 2. The molecule has 0 unspecified atom stereocenters. The molecule has 0 radical (unpaired) electrons. The Kier molecular flexibility index (Phi) is 11.0. The summed E-state index contributed by atoms with van der Waals surface area (Å²) in [5.74, 6) is -0.824. The molecule has 6 aromatic rings. The van der Waals surface area contributed by atoms with Crippen molar-refractivity contribution in [1.82, 2.24) is 9.80 Å². The first kappa shape index (κ1) is 37.8. The number of halogens is 4. The number of fused-ring (bicyclic) bond motifs is 2. The van der Waals surface area contributed by atoms with Crippen molar-refractivity contribution < 1.29 is 31.6 Å². The molecule has 286 valence electrons. The number of furan rings is 2. The van der Waals surface area contributed by atoms with Crippen molar-refractivity contribution in [3.63, 3.8) is 0 Å². The van der Waals surface area contributed by atoms with Crippen molar-refractivity contribution in [3.05, 3.63) is 130 Å². The van der Waals surface area contributed by atoms with Gasteiger partial charge in [0.05, 0.1) is 5.56 Å². The Balaban J connectivity index is 0.000000170. The summed E-state index contributed by atoms with van der Waals surface area (Å²) in [5.41, 5.74) is 15.3. The highest BCUT2D eigenvalue weighted by molar-refractivity contribution is 6.30. The van der Waals surface area contributed by atoms with Gasteiger partial charge >= 0.3 is 6.18 Å². The maximum atomic E-state index is 12.9. The zero-order valence-corrected chi connectivity index (χ0v) is 30.7. The lowest BCUT2D eigenvalue weighted by Crippen LogP contribution is -2.45. The van der Waals surface area contributed by atoms with Crippen molar-refractivity contribution in [3.8, 4) is 0 Å². The minimum absolute atomic E-state index is 0.128. The van der Waals surface area contributed by atoms with Crippen molar-refractivity contribution >= 4 is 56.7 Å². The zero-order chi connectivity index (χ0) is 38.7. The Morgan fingerprint density at radius 3 is 1.49 bits per heavy atom. The fraction of sp³-hybridized carbons (Fsp3) is 0.268. The second-order valence-electron chi connectivity index (χ2n) is 13.7. The van der Waals surface area contributed by atoms with E-state index in [1.165, 1.54) is 17.7 Å². The number of hydrogen-bond donors (Lipinski definition) is 2. The lowest BCUT2D eigenvalue weighted by Gasteiger charge is -2.36. The summed E-state index contributed by atoms with van der Waals surface area (Å²) in [6, 6.07) is 28.5. The number of primary amides is 2. The maximum absolute atomic E-state index is 12.9. The Bertz CT molecular complexity index is 2310. The molecule has 14 heteroatoms. The minimum atomic E-state index is -4.32. The van der Waals surface area contributed by atoms with Crippen molar-refractivity contribution in [2.75, 3.05) is 62.2 Å². The van der Waals surface area contributed by atoms with Crippen LogP contribution in [0, 0.1) is 0 Å². The summed E-state index contributed by atoms with van der Waals surface area (Å²) in [6.07, 6.45) is -4.32. The average Bonchev–Trinajstić information content (AvgIpc) is 3.80. The van der Waals surface area contributed by atoms with Gasteiger partial charge in [0.25, 0.3) is 11.8 Å². The fourth-order valence-corrected chi connectivity index (χ4v) is 7.24.